The topological polar surface area (TPSA) is 78.0 Å². The van der Waals surface area contributed by atoms with E-state index < -0.39 is 0 Å². The van der Waals surface area contributed by atoms with Crippen LogP contribution >= 0.6 is 0 Å². The van der Waals surface area contributed by atoms with E-state index in [9.17, 15) is 4.79 Å². The van der Waals surface area contributed by atoms with Crippen LogP contribution in [0.3, 0.4) is 0 Å². The maximum absolute atomic E-state index is 12.2. The summed E-state index contributed by atoms with van der Waals surface area (Å²) >= 11 is 0. The van der Waals surface area contributed by atoms with Crippen LogP contribution in [0.15, 0.2) is 30.5 Å². The normalized spacial score (nSPS) is 9.81. The molecule has 0 saturated heterocycles. The molecule has 0 bridgehead atoms. The van der Waals surface area contributed by atoms with E-state index in [0.717, 1.165) is 11.3 Å². The minimum Gasteiger partial charge on any atom is -0.395 e. The molecule has 0 atom stereocenters. The zero-order valence-electron chi connectivity index (χ0n) is 11.8. The number of carbonyl (C=O) groups is 1. The third-order valence-electron chi connectivity index (χ3n) is 3.01. The number of H-pyrrole nitrogens is 1. The molecule has 1 aromatic heterocycles. The van der Waals surface area contributed by atoms with Gasteiger partial charge in [0.05, 0.1) is 18.4 Å². The third-order valence-corrected chi connectivity index (χ3v) is 3.01. The molecule has 3 N–H and O–H groups in total. The fourth-order valence-corrected chi connectivity index (χ4v) is 1.83. The summed E-state index contributed by atoms with van der Waals surface area (Å²) in [6.45, 7) is 2.34. The number of aliphatic hydroxyl groups is 1. The van der Waals surface area contributed by atoms with Crippen molar-refractivity contribution >= 4 is 5.91 Å². The summed E-state index contributed by atoms with van der Waals surface area (Å²) in [5.74, 6) is 5.56. The summed E-state index contributed by atoms with van der Waals surface area (Å²) in [6, 6.07) is 7.16. The molecule has 0 saturated carbocycles. The molecule has 0 aliphatic heterocycles. The number of carbonyl (C=O) groups excluding carboxylic acids is 1. The molecule has 0 aliphatic rings. The van der Waals surface area contributed by atoms with Crippen molar-refractivity contribution in [2.75, 3.05) is 6.61 Å². The summed E-state index contributed by atoms with van der Waals surface area (Å²) in [6.07, 6.45) is 2.09. The molecule has 0 aliphatic carbocycles. The molecular weight excluding hydrogens is 266 g/mol. The van der Waals surface area contributed by atoms with Crippen molar-refractivity contribution in [2.24, 2.45) is 0 Å². The van der Waals surface area contributed by atoms with E-state index in [0.29, 0.717) is 24.1 Å². The number of nitrogens with zero attached hydrogens (tertiary/aromatic N) is 1. The molecule has 21 heavy (non-hydrogen) atoms. The van der Waals surface area contributed by atoms with E-state index in [1.807, 2.05) is 13.0 Å². The lowest BCUT2D eigenvalue weighted by atomic mass is 10.1. The van der Waals surface area contributed by atoms with Gasteiger partial charge in [-0.15, -0.1) is 0 Å². The number of aromatic nitrogens is 2. The zero-order chi connectivity index (χ0) is 15.1. The number of aryl methyl sites for hydroxylation is 1. The zero-order valence-corrected chi connectivity index (χ0v) is 11.8. The van der Waals surface area contributed by atoms with Crippen molar-refractivity contribution in [3.05, 3.63) is 52.8 Å². The smallest absolute Gasteiger partial charge is 0.252 e. The highest BCUT2D eigenvalue weighted by Gasteiger charge is 2.10. The summed E-state index contributed by atoms with van der Waals surface area (Å²) < 4.78 is 0. The summed E-state index contributed by atoms with van der Waals surface area (Å²) in [5, 5.41) is 18.4. The Morgan fingerprint density at radius 3 is 2.95 bits per heavy atom. The maximum Gasteiger partial charge on any atom is 0.252 e. The van der Waals surface area contributed by atoms with Gasteiger partial charge in [0.2, 0.25) is 0 Å². The number of benzene rings is 1. The molecule has 2 rings (SSSR count). The highest BCUT2D eigenvalue weighted by atomic mass is 16.2. The lowest BCUT2D eigenvalue weighted by Gasteiger charge is -2.06. The molecule has 2 aromatic rings. The second kappa shape index (κ2) is 7.27. The van der Waals surface area contributed by atoms with Gasteiger partial charge in [0, 0.05) is 29.8 Å². The van der Waals surface area contributed by atoms with Gasteiger partial charge in [-0.05, 0) is 19.1 Å². The average molecular weight is 283 g/mol. The second-order valence-electron chi connectivity index (χ2n) is 4.52. The predicted molar refractivity (Wildman–Crippen MR) is 79.5 cm³/mol. The van der Waals surface area contributed by atoms with Gasteiger partial charge in [0.15, 0.2) is 0 Å². The lowest BCUT2D eigenvalue weighted by molar-refractivity contribution is 0.0950. The maximum atomic E-state index is 12.2. The van der Waals surface area contributed by atoms with Crippen LogP contribution in [-0.4, -0.2) is 27.8 Å². The standard InChI is InChI=1S/C16H17N3O2/c1-12-14(11-18-19-12)10-17-16(21)15-8-3-2-6-13(15)7-4-5-9-20/h2-3,6,8,11,20H,5,9-10H2,1H3,(H,17,21)(H,18,19). The highest BCUT2D eigenvalue weighted by molar-refractivity contribution is 5.96. The van der Waals surface area contributed by atoms with Gasteiger partial charge >= 0.3 is 0 Å². The predicted octanol–water partition coefficient (Wildman–Crippen LogP) is 1.38. The summed E-state index contributed by atoms with van der Waals surface area (Å²) in [4.78, 5) is 12.2. The van der Waals surface area contributed by atoms with Crippen LogP contribution in [0.2, 0.25) is 0 Å². The number of hydrogen-bond acceptors (Lipinski definition) is 3. The van der Waals surface area contributed by atoms with Gasteiger partial charge in [0.1, 0.15) is 0 Å². The van der Waals surface area contributed by atoms with Crippen molar-refractivity contribution in [1.29, 1.82) is 0 Å². The van der Waals surface area contributed by atoms with Crippen LogP contribution < -0.4 is 5.32 Å². The van der Waals surface area contributed by atoms with Crippen molar-refractivity contribution < 1.29 is 9.90 Å². The van der Waals surface area contributed by atoms with E-state index in [-0.39, 0.29) is 12.5 Å². The van der Waals surface area contributed by atoms with Crippen LogP contribution in [0.25, 0.3) is 0 Å². The number of aromatic amines is 1. The van der Waals surface area contributed by atoms with Crippen molar-refractivity contribution in [2.45, 2.75) is 19.9 Å². The Morgan fingerprint density at radius 1 is 1.43 bits per heavy atom. The average Bonchev–Trinajstić information content (AvgIpc) is 2.91. The Labute approximate surface area is 123 Å². The molecule has 1 heterocycles. The first-order valence-corrected chi connectivity index (χ1v) is 6.68. The van der Waals surface area contributed by atoms with Gasteiger partial charge in [0.25, 0.3) is 5.91 Å². The molecule has 1 aromatic carbocycles. The molecular formula is C16H17N3O2. The molecule has 5 heteroatoms. The third kappa shape index (κ3) is 3.94. The second-order valence-corrected chi connectivity index (χ2v) is 4.52. The number of rotatable bonds is 4. The number of amides is 1. The Kier molecular flexibility index (Phi) is 5.13. The van der Waals surface area contributed by atoms with Gasteiger partial charge in [-0.1, -0.05) is 24.0 Å². The largest absolute Gasteiger partial charge is 0.395 e. The van der Waals surface area contributed by atoms with E-state index in [1.165, 1.54) is 0 Å². The molecule has 0 radical (unpaired) electrons. The minimum atomic E-state index is -0.176. The van der Waals surface area contributed by atoms with Crippen molar-refractivity contribution in [3.8, 4) is 11.8 Å². The van der Waals surface area contributed by atoms with Gasteiger partial charge in [-0.3, -0.25) is 9.89 Å². The van der Waals surface area contributed by atoms with Crippen LogP contribution in [0.1, 0.15) is 33.6 Å². The molecule has 1 amide bonds. The van der Waals surface area contributed by atoms with E-state index >= 15 is 0 Å². The quantitative estimate of drug-likeness (QED) is 0.742. The van der Waals surface area contributed by atoms with Gasteiger partial charge in [-0.25, -0.2) is 0 Å². The van der Waals surface area contributed by atoms with Crippen molar-refractivity contribution in [1.82, 2.24) is 15.5 Å². The number of hydrogen-bond donors (Lipinski definition) is 3. The van der Waals surface area contributed by atoms with Crippen LogP contribution in [-0.2, 0) is 6.54 Å². The Bertz CT molecular complexity index is 680. The van der Waals surface area contributed by atoms with Crippen LogP contribution in [0.4, 0.5) is 0 Å². The lowest BCUT2D eigenvalue weighted by Crippen LogP contribution is -2.23. The first-order chi connectivity index (χ1) is 10.2. The highest BCUT2D eigenvalue weighted by Crippen LogP contribution is 2.08. The first kappa shape index (κ1) is 14.8. The van der Waals surface area contributed by atoms with Gasteiger partial charge in [-0.2, -0.15) is 5.10 Å². The van der Waals surface area contributed by atoms with E-state index in [1.54, 1.807) is 24.4 Å². The Hall–Kier alpha value is -2.58. The monoisotopic (exact) mass is 283 g/mol. The fraction of sp³-hybridized carbons (Fsp3) is 0.250. The molecule has 0 spiro atoms. The summed E-state index contributed by atoms with van der Waals surface area (Å²) in [7, 11) is 0. The van der Waals surface area contributed by atoms with Crippen LogP contribution in [0, 0.1) is 18.8 Å². The van der Waals surface area contributed by atoms with Crippen LogP contribution in [0.5, 0.6) is 0 Å². The molecule has 5 nitrogen and oxygen atoms in total. The molecule has 0 unspecified atom stereocenters. The van der Waals surface area contributed by atoms with Crippen molar-refractivity contribution in [3.63, 3.8) is 0 Å². The Morgan fingerprint density at radius 2 is 2.24 bits per heavy atom. The van der Waals surface area contributed by atoms with E-state index in [2.05, 4.69) is 27.4 Å². The number of aliphatic hydroxyl groups excluding tert-OH is 1. The fourth-order valence-electron chi connectivity index (χ4n) is 1.83. The molecule has 0 fully saturated rings. The van der Waals surface area contributed by atoms with Gasteiger partial charge < -0.3 is 10.4 Å². The minimum absolute atomic E-state index is 0.0150. The summed E-state index contributed by atoms with van der Waals surface area (Å²) in [5.41, 5.74) is 3.08. The molecule has 108 valence electrons. The first-order valence-electron chi connectivity index (χ1n) is 6.68. The Balaban J connectivity index is 2.09. The number of nitrogens with one attached hydrogen (secondary N) is 2. The SMILES string of the molecule is Cc1[nH]ncc1CNC(=O)c1ccccc1C#CCCO. The van der Waals surface area contributed by atoms with E-state index in [4.69, 9.17) is 5.11 Å².